The highest BCUT2D eigenvalue weighted by molar-refractivity contribution is 5.79. The first-order valence-electron chi connectivity index (χ1n) is 10.6. The summed E-state index contributed by atoms with van der Waals surface area (Å²) in [6.45, 7) is 3.62. The third-order valence-corrected chi connectivity index (χ3v) is 6.12. The number of aromatic hydroxyl groups is 1. The summed E-state index contributed by atoms with van der Waals surface area (Å²) in [5, 5.41) is 12.6. The first-order valence-corrected chi connectivity index (χ1v) is 10.6. The van der Waals surface area contributed by atoms with Crippen molar-refractivity contribution in [2.75, 3.05) is 20.2 Å². The molecule has 1 aliphatic heterocycles. The van der Waals surface area contributed by atoms with Gasteiger partial charge in [0.05, 0.1) is 7.11 Å². The van der Waals surface area contributed by atoms with E-state index in [-0.39, 0.29) is 29.8 Å². The zero-order valence-corrected chi connectivity index (χ0v) is 17.4. The van der Waals surface area contributed by atoms with E-state index in [4.69, 9.17) is 9.47 Å². The average Bonchev–Trinajstić information content (AvgIpc) is 2.74. The van der Waals surface area contributed by atoms with Gasteiger partial charge in [0.15, 0.2) is 11.5 Å². The molecule has 29 heavy (non-hydrogen) atoms. The van der Waals surface area contributed by atoms with Crippen molar-refractivity contribution in [3.8, 4) is 11.5 Å². The minimum atomic E-state index is -0.237. The molecule has 1 saturated heterocycles. The van der Waals surface area contributed by atoms with E-state index < -0.39 is 0 Å². The molecule has 2 atom stereocenters. The minimum absolute atomic E-state index is 0.00837. The highest BCUT2D eigenvalue weighted by atomic mass is 16.6. The standard InChI is InChI=1S/C22H32N2O5/c1-15-5-3-4-6-19(15)29-22(27)24-11-9-17(10-12-24)21(26)23-14-16-7-8-18(25)20(13-16)28-2/h7-8,13,15,17,19,25H,3-6,9-12,14H2,1-2H3,(H,23,26)/t15-,19+/m1/s1. The number of rotatable bonds is 5. The lowest BCUT2D eigenvalue weighted by molar-refractivity contribution is -0.126. The first kappa shape index (κ1) is 21.3. The normalized spacial score (nSPS) is 22.8. The van der Waals surface area contributed by atoms with Crippen LogP contribution in [-0.2, 0) is 16.1 Å². The van der Waals surface area contributed by atoms with Crippen molar-refractivity contribution in [2.45, 2.75) is 58.1 Å². The number of nitrogens with zero attached hydrogens (tertiary/aromatic N) is 1. The topological polar surface area (TPSA) is 88.1 Å². The molecule has 2 fully saturated rings. The van der Waals surface area contributed by atoms with Crippen molar-refractivity contribution >= 4 is 12.0 Å². The number of carbonyl (C=O) groups is 2. The largest absolute Gasteiger partial charge is 0.504 e. The van der Waals surface area contributed by atoms with Crippen LogP contribution in [0, 0.1) is 11.8 Å². The molecular formula is C22H32N2O5. The Kier molecular flexibility index (Phi) is 7.23. The Bertz CT molecular complexity index is 715. The molecule has 0 aromatic heterocycles. The minimum Gasteiger partial charge on any atom is -0.504 e. The van der Waals surface area contributed by atoms with Crippen molar-refractivity contribution < 1.29 is 24.2 Å². The van der Waals surface area contributed by atoms with Gasteiger partial charge < -0.3 is 24.8 Å². The summed E-state index contributed by atoms with van der Waals surface area (Å²) in [4.78, 5) is 26.7. The van der Waals surface area contributed by atoms with Gasteiger partial charge >= 0.3 is 6.09 Å². The van der Waals surface area contributed by atoms with Gasteiger partial charge in [-0.25, -0.2) is 4.79 Å². The Morgan fingerprint density at radius 1 is 1.17 bits per heavy atom. The average molecular weight is 405 g/mol. The van der Waals surface area contributed by atoms with Gasteiger partial charge in [-0.2, -0.15) is 0 Å². The summed E-state index contributed by atoms with van der Waals surface area (Å²) >= 11 is 0. The van der Waals surface area contributed by atoms with Crippen LogP contribution in [0.5, 0.6) is 11.5 Å². The maximum absolute atomic E-state index is 12.5. The lowest BCUT2D eigenvalue weighted by Crippen LogP contribution is -2.44. The SMILES string of the molecule is COc1cc(CNC(=O)C2CCN(C(=O)O[C@H]3CCCC[C@H]3C)CC2)ccc1O. The molecule has 1 aliphatic carbocycles. The van der Waals surface area contributed by atoms with Crippen LogP contribution in [0.3, 0.4) is 0 Å². The Labute approximate surface area is 172 Å². The van der Waals surface area contributed by atoms with Crippen LogP contribution in [0.15, 0.2) is 18.2 Å². The van der Waals surface area contributed by atoms with Crippen LogP contribution in [0.25, 0.3) is 0 Å². The van der Waals surface area contributed by atoms with E-state index in [1.165, 1.54) is 13.5 Å². The zero-order valence-electron chi connectivity index (χ0n) is 17.4. The maximum Gasteiger partial charge on any atom is 0.410 e. The highest BCUT2D eigenvalue weighted by Crippen LogP contribution is 2.28. The van der Waals surface area contributed by atoms with E-state index in [2.05, 4.69) is 12.2 Å². The van der Waals surface area contributed by atoms with Crippen LogP contribution in [0.2, 0.25) is 0 Å². The van der Waals surface area contributed by atoms with Crippen LogP contribution in [-0.4, -0.2) is 48.3 Å². The van der Waals surface area contributed by atoms with Crippen molar-refractivity contribution in [3.05, 3.63) is 23.8 Å². The number of hydrogen-bond donors (Lipinski definition) is 2. The van der Waals surface area contributed by atoms with Gasteiger partial charge in [0.1, 0.15) is 6.10 Å². The number of carbonyl (C=O) groups excluding carboxylic acids is 2. The van der Waals surface area contributed by atoms with Crippen molar-refractivity contribution in [3.63, 3.8) is 0 Å². The van der Waals surface area contributed by atoms with E-state index in [1.807, 2.05) is 0 Å². The van der Waals surface area contributed by atoms with E-state index in [9.17, 15) is 14.7 Å². The summed E-state index contributed by atoms with van der Waals surface area (Å²) in [7, 11) is 1.49. The number of ether oxygens (including phenoxy) is 2. The van der Waals surface area contributed by atoms with Crippen molar-refractivity contribution in [2.24, 2.45) is 11.8 Å². The van der Waals surface area contributed by atoms with Gasteiger partial charge in [-0.1, -0.05) is 19.4 Å². The van der Waals surface area contributed by atoms with Crippen LogP contribution in [0.1, 0.15) is 51.0 Å². The second-order valence-electron chi connectivity index (χ2n) is 8.17. The lowest BCUT2D eigenvalue weighted by atomic mass is 9.88. The van der Waals surface area contributed by atoms with E-state index >= 15 is 0 Å². The van der Waals surface area contributed by atoms with Gasteiger partial charge in [-0.3, -0.25) is 4.79 Å². The Balaban J connectivity index is 1.42. The number of methoxy groups -OCH3 is 1. The Morgan fingerprint density at radius 3 is 2.59 bits per heavy atom. The fourth-order valence-corrected chi connectivity index (χ4v) is 4.15. The Hall–Kier alpha value is -2.44. The molecule has 2 aliphatic rings. The fourth-order valence-electron chi connectivity index (χ4n) is 4.15. The van der Waals surface area contributed by atoms with Crippen molar-refractivity contribution in [1.29, 1.82) is 0 Å². The number of phenolic OH excluding ortho intramolecular Hbond substituents is 1. The predicted octanol–water partition coefficient (Wildman–Crippen LogP) is 3.44. The van der Waals surface area contributed by atoms with E-state index in [1.54, 1.807) is 23.1 Å². The molecular weight excluding hydrogens is 372 g/mol. The second kappa shape index (κ2) is 9.85. The smallest absolute Gasteiger partial charge is 0.410 e. The van der Waals surface area contributed by atoms with Crippen LogP contribution in [0.4, 0.5) is 4.79 Å². The number of likely N-dealkylation sites (tertiary alicyclic amines) is 1. The molecule has 160 valence electrons. The Morgan fingerprint density at radius 2 is 1.90 bits per heavy atom. The monoisotopic (exact) mass is 404 g/mol. The maximum atomic E-state index is 12.5. The lowest BCUT2D eigenvalue weighted by Gasteiger charge is -2.34. The third-order valence-electron chi connectivity index (χ3n) is 6.12. The molecule has 2 amide bonds. The molecule has 1 aromatic carbocycles. The number of phenols is 1. The number of benzene rings is 1. The summed E-state index contributed by atoms with van der Waals surface area (Å²) < 4.78 is 10.8. The molecule has 1 aromatic rings. The quantitative estimate of drug-likeness (QED) is 0.785. The number of amides is 2. The van der Waals surface area contributed by atoms with E-state index in [0.717, 1.165) is 24.8 Å². The second-order valence-corrected chi connectivity index (χ2v) is 8.17. The van der Waals surface area contributed by atoms with Crippen LogP contribution >= 0.6 is 0 Å². The highest BCUT2D eigenvalue weighted by Gasteiger charge is 2.31. The summed E-state index contributed by atoms with van der Waals surface area (Å²) in [5.74, 6) is 0.771. The van der Waals surface area contributed by atoms with Gasteiger partial charge in [0.2, 0.25) is 5.91 Å². The number of nitrogens with one attached hydrogen (secondary N) is 1. The molecule has 7 heteroatoms. The van der Waals surface area contributed by atoms with Gasteiger partial charge in [-0.15, -0.1) is 0 Å². The third kappa shape index (κ3) is 5.55. The molecule has 0 bridgehead atoms. The molecule has 0 radical (unpaired) electrons. The predicted molar refractivity (Wildman–Crippen MR) is 109 cm³/mol. The molecule has 2 N–H and O–H groups in total. The summed E-state index contributed by atoms with van der Waals surface area (Å²) in [6.07, 6.45) is 5.48. The molecule has 7 nitrogen and oxygen atoms in total. The molecule has 1 heterocycles. The summed E-state index contributed by atoms with van der Waals surface area (Å²) in [6, 6.07) is 5.01. The first-order chi connectivity index (χ1) is 14.0. The molecule has 3 rings (SSSR count). The van der Waals surface area contributed by atoms with Gasteiger partial charge in [0.25, 0.3) is 0 Å². The molecule has 0 spiro atoms. The summed E-state index contributed by atoms with van der Waals surface area (Å²) in [5.41, 5.74) is 0.857. The van der Waals surface area contributed by atoms with Gasteiger partial charge in [0, 0.05) is 25.6 Å². The molecule has 0 unspecified atom stereocenters. The number of piperidine rings is 1. The van der Waals surface area contributed by atoms with Crippen molar-refractivity contribution in [1.82, 2.24) is 10.2 Å². The van der Waals surface area contributed by atoms with E-state index in [0.29, 0.717) is 44.1 Å². The zero-order chi connectivity index (χ0) is 20.8. The van der Waals surface area contributed by atoms with Gasteiger partial charge in [-0.05, 0) is 55.7 Å². The van der Waals surface area contributed by atoms with Crippen LogP contribution < -0.4 is 10.1 Å². The molecule has 1 saturated carbocycles. The fraction of sp³-hybridized carbons (Fsp3) is 0.636. The number of hydrogen-bond acceptors (Lipinski definition) is 5.